The largest absolute Gasteiger partial charge is 0.353 e. The van der Waals surface area contributed by atoms with Crippen LogP contribution in [0.2, 0.25) is 10.0 Å². The Bertz CT molecular complexity index is 962. The summed E-state index contributed by atoms with van der Waals surface area (Å²) in [6.07, 6.45) is 2.79. The maximum atomic E-state index is 11.6. The van der Waals surface area contributed by atoms with Crippen LogP contribution in [-0.4, -0.2) is 19.9 Å². The Morgan fingerprint density at radius 3 is 2.27 bits per heavy atom. The first-order valence-corrected chi connectivity index (χ1v) is 8.11. The van der Waals surface area contributed by atoms with Gasteiger partial charge in [-0.15, -0.1) is 0 Å². The number of aryl methyl sites for hydroxylation is 1. The maximum Gasteiger partial charge on any atom is 0.353 e. The minimum Gasteiger partial charge on any atom is -0.334 e. The van der Waals surface area contributed by atoms with E-state index in [1.54, 1.807) is 30.5 Å². The standard InChI is InChI=1S/C16H12Cl2N6O2/c1-9-3-2-4-19-14(9)23-16-13(24(25)26)15(20-8-21-16)22-12-6-10(17)5-11(18)7-12/h2-8H,1H3,(H2,19,20,21,22,23). The van der Waals surface area contributed by atoms with Crippen LogP contribution < -0.4 is 10.6 Å². The first-order valence-electron chi connectivity index (χ1n) is 7.35. The van der Waals surface area contributed by atoms with Crippen molar-refractivity contribution >= 4 is 52.0 Å². The van der Waals surface area contributed by atoms with Gasteiger partial charge in [0.25, 0.3) is 0 Å². The van der Waals surface area contributed by atoms with E-state index in [4.69, 9.17) is 23.2 Å². The van der Waals surface area contributed by atoms with Crippen LogP contribution in [0.4, 0.5) is 28.8 Å². The van der Waals surface area contributed by atoms with Crippen LogP contribution in [-0.2, 0) is 0 Å². The van der Waals surface area contributed by atoms with Gasteiger partial charge in [-0.3, -0.25) is 10.1 Å². The number of anilines is 4. The van der Waals surface area contributed by atoms with Gasteiger partial charge in [-0.1, -0.05) is 29.3 Å². The molecule has 0 saturated carbocycles. The van der Waals surface area contributed by atoms with Gasteiger partial charge in [0.1, 0.15) is 12.1 Å². The number of aromatic nitrogens is 3. The smallest absolute Gasteiger partial charge is 0.334 e. The Morgan fingerprint density at radius 1 is 1.00 bits per heavy atom. The van der Waals surface area contributed by atoms with E-state index in [0.29, 0.717) is 21.6 Å². The van der Waals surface area contributed by atoms with Crippen LogP contribution >= 0.6 is 23.2 Å². The molecule has 0 amide bonds. The van der Waals surface area contributed by atoms with Crippen LogP contribution in [0.15, 0.2) is 42.9 Å². The molecule has 0 fully saturated rings. The van der Waals surface area contributed by atoms with Crippen LogP contribution in [0.25, 0.3) is 0 Å². The number of nitrogens with zero attached hydrogens (tertiary/aromatic N) is 4. The summed E-state index contributed by atoms with van der Waals surface area (Å²) in [5, 5.41) is 18.1. The van der Waals surface area contributed by atoms with Crippen LogP contribution in [0, 0.1) is 17.0 Å². The lowest BCUT2D eigenvalue weighted by molar-refractivity contribution is -0.383. The molecule has 0 unspecified atom stereocenters. The van der Waals surface area contributed by atoms with Gasteiger partial charge in [0.05, 0.1) is 4.92 Å². The Morgan fingerprint density at radius 2 is 1.65 bits per heavy atom. The van der Waals surface area contributed by atoms with E-state index >= 15 is 0 Å². The number of rotatable bonds is 5. The number of nitrogens with one attached hydrogen (secondary N) is 2. The molecule has 26 heavy (non-hydrogen) atoms. The molecule has 0 saturated heterocycles. The summed E-state index contributed by atoms with van der Waals surface area (Å²) >= 11 is 11.9. The number of halogens is 2. The zero-order valence-electron chi connectivity index (χ0n) is 13.4. The van der Waals surface area contributed by atoms with Crippen LogP contribution in [0.5, 0.6) is 0 Å². The molecule has 132 valence electrons. The monoisotopic (exact) mass is 390 g/mol. The molecule has 8 nitrogen and oxygen atoms in total. The fraction of sp³-hybridized carbons (Fsp3) is 0.0625. The third-order valence-corrected chi connectivity index (χ3v) is 3.81. The van der Waals surface area contributed by atoms with E-state index in [9.17, 15) is 10.1 Å². The van der Waals surface area contributed by atoms with Crippen molar-refractivity contribution in [3.8, 4) is 0 Å². The topological polar surface area (TPSA) is 106 Å². The first-order chi connectivity index (χ1) is 12.4. The predicted molar refractivity (Wildman–Crippen MR) is 101 cm³/mol. The lowest BCUT2D eigenvalue weighted by Crippen LogP contribution is -2.06. The number of hydrogen-bond acceptors (Lipinski definition) is 7. The zero-order valence-corrected chi connectivity index (χ0v) is 14.9. The Kier molecular flexibility index (Phi) is 5.15. The number of pyridine rings is 1. The van der Waals surface area contributed by atoms with Crippen molar-refractivity contribution in [2.45, 2.75) is 6.92 Å². The average Bonchev–Trinajstić information content (AvgIpc) is 2.56. The minimum atomic E-state index is -0.574. The zero-order chi connectivity index (χ0) is 18.7. The van der Waals surface area contributed by atoms with Crippen molar-refractivity contribution in [1.82, 2.24) is 15.0 Å². The number of nitro groups is 1. The van der Waals surface area contributed by atoms with Gasteiger partial charge in [0.15, 0.2) is 0 Å². The van der Waals surface area contributed by atoms with Crippen molar-refractivity contribution < 1.29 is 4.92 Å². The molecule has 0 aliphatic carbocycles. The second-order valence-electron chi connectivity index (χ2n) is 5.25. The summed E-state index contributed by atoms with van der Waals surface area (Å²) in [5.41, 5.74) is 0.953. The molecule has 0 radical (unpaired) electrons. The molecule has 0 atom stereocenters. The Balaban J connectivity index is 2.01. The Hall–Kier alpha value is -2.97. The molecule has 2 heterocycles. The van der Waals surface area contributed by atoms with Gasteiger partial charge in [-0.05, 0) is 36.8 Å². The predicted octanol–water partition coefficient (Wildman–Crippen LogP) is 4.88. The molecule has 1 aromatic carbocycles. The van der Waals surface area contributed by atoms with E-state index in [0.717, 1.165) is 5.56 Å². The summed E-state index contributed by atoms with van der Waals surface area (Å²) in [4.78, 5) is 23.1. The van der Waals surface area contributed by atoms with Crippen molar-refractivity contribution in [2.75, 3.05) is 10.6 Å². The lowest BCUT2D eigenvalue weighted by Gasteiger charge is -2.11. The molecule has 10 heteroatoms. The van der Waals surface area contributed by atoms with Crippen molar-refractivity contribution in [2.24, 2.45) is 0 Å². The van der Waals surface area contributed by atoms with E-state index < -0.39 is 4.92 Å². The third-order valence-electron chi connectivity index (χ3n) is 3.38. The van der Waals surface area contributed by atoms with Gasteiger partial charge in [0.2, 0.25) is 11.6 Å². The molecule has 3 rings (SSSR count). The maximum absolute atomic E-state index is 11.6. The average molecular weight is 391 g/mol. The molecule has 0 spiro atoms. The molecule has 0 aliphatic rings. The summed E-state index contributed by atoms with van der Waals surface area (Å²) in [6.45, 7) is 1.83. The SMILES string of the molecule is Cc1cccnc1Nc1ncnc(Nc2cc(Cl)cc(Cl)c2)c1[N+](=O)[O-]. The van der Waals surface area contributed by atoms with Gasteiger partial charge in [-0.2, -0.15) is 0 Å². The molecule has 2 N–H and O–H groups in total. The fourth-order valence-corrected chi connectivity index (χ4v) is 2.75. The van der Waals surface area contributed by atoms with Crippen LogP contribution in [0.3, 0.4) is 0 Å². The van der Waals surface area contributed by atoms with Crippen molar-refractivity contribution in [3.05, 3.63) is 68.6 Å². The summed E-state index contributed by atoms with van der Waals surface area (Å²) < 4.78 is 0. The molecular weight excluding hydrogens is 379 g/mol. The highest BCUT2D eigenvalue weighted by Crippen LogP contribution is 2.34. The molecule has 0 bridgehead atoms. The molecule has 3 aromatic rings. The van der Waals surface area contributed by atoms with Gasteiger partial charge in [-0.25, -0.2) is 15.0 Å². The highest BCUT2D eigenvalue weighted by Gasteiger charge is 2.24. The highest BCUT2D eigenvalue weighted by atomic mass is 35.5. The number of hydrogen-bond donors (Lipinski definition) is 2. The van der Waals surface area contributed by atoms with E-state index in [2.05, 4.69) is 25.6 Å². The highest BCUT2D eigenvalue weighted by molar-refractivity contribution is 6.35. The molecule has 2 aromatic heterocycles. The quantitative estimate of drug-likeness (QED) is 0.472. The van der Waals surface area contributed by atoms with Gasteiger partial charge < -0.3 is 10.6 Å². The van der Waals surface area contributed by atoms with E-state index in [1.165, 1.54) is 6.33 Å². The second-order valence-corrected chi connectivity index (χ2v) is 6.13. The van der Waals surface area contributed by atoms with Crippen molar-refractivity contribution in [3.63, 3.8) is 0 Å². The van der Waals surface area contributed by atoms with E-state index in [-0.39, 0.29) is 17.3 Å². The normalized spacial score (nSPS) is 10.4. The minimum absolute atomic E-state index is 0.000539. The summed E-state index contributed by atoms with van der Waals surface area (Å²) in [5.74, 6) is 0.480. The van der Waals surface area contributed by atoms with Gasteiger partial charge in [0, 0.05) is 21.9 Å². The second kappa shape index (κ2) is 7.51. The van der Waals surface area contributed by atoms with Crippen LogP contribution in [0.1, 0.15) is 5.56 Å². The molecular formula is C16H12Cl2N6O2. The first kappa shape index (κ1) is 17.8. The lowest BCUT2D eigenvalue weighted by atomic mass is 10.3. The summed E-state index contributed by atoms with van der Waals surface area (Å²) in [6, 6.07) is 8.31. The summed E-state index contributed by atoms with van der Waals surface area (Å²) in [7, 11) is 0. The number of benzene rings is 1. The van der Waals surface area contributed by atoms with Gasteiger partial charge >= 0.3 is 5.69 Å². The third kappa shape index (κ3) is 3.98. The van der Waals surface area contributed by atoms with E-state index in [1.807, 2.05) is 13.0 Å². The Labute approximate surface area is 158 Å². The molecule has 0 aliphatic heterocycles. The fourth-order valence-electron chi connectivity index (χ4n) is 2.23. The van der Waals surface area contributed by atoms with Crippen molar-refractivity contribution in [1.29, 1.82) is 0 Å².